The van der Waals surface area contributed by atoms with Crippen LogP contribution in [0.15, 0.2) is 48.7 Å². The van der Waals surface area contributed by atoms with Crippen LogP contribution in [0.5, 0.6) is 0 Å². The van der Waals surface area contributed by atoms with Gasteiger partial charge in [-0.05, 0) is 41.3 Å². The number of ether oxygens (including phenoxy) is 1. The Morgan fingerprint density at radius 2 is 1.92 bits per heavy atom. The summed E-state index contributed by atoms with van der Waals surface area (Å²) in [6, 6.07) is 9.04. The Hall–Kier alpha value is -3.59. The molecule has 0 spiro atoms. The molecular formula is C25H27F2IN6O4. The fourth-order valence-electron chi connectivity index (χ4n) is 3.48. The van der Waals surface area contributed by atoms with Gasteiger partial charge in [-0.2, -0.15) is 0 Å². The molecular weight excluding hydrogens is 613 g/mol. The van der Waals surface area contributed by atoms with Crippen LogP contribution in [-0.4, -0.2) is 60.7 Å². The number of hydrogen-bond acceptors (Lipinski definition) is 6. The Balaban J connectivity index is 1.62. The van der Waals surface area contributed by atoms with E-state index in [-0.39, 0.29) is 37.9 Å². The van der Waals surface area contributed by atoms with E-state index in [1.54, 1.807) is 18.2 Å². The van der Waals surface area contributed by atoms with Gasteiger partial charge in [0.25, 0.3) is 0 Å². The second kappa shape index (κ2) is 13.8. The number of benzene rings is 2. The van der Waals surface area contributed by atoms with Crippen LogP contribution in [0.25, 0.3) is 10.8 Å². The van der Waals surface area contributed by atoms with E-state index in [9.17, 15) is 23.2 Å². The number of carbonyl (C=O) groups is 3. The summed E-state index contributed by atoms with van der Waals surface area (Å²) in [6.45, 7) is -0.491. The van der Waals surface area contributed by atoms with E-state index in [4.69, 9.17) is 10.5 Å². The lowest BCUT2D eigenvalue weighted by Gasteiger charge is -2.28. The number of urea groups is 1. The van der Waals surface area contributed by atoms with Crippen molar-refractivity contribution >= 4 is 57.2 Å². The summed E-state index contributed by atoms with van der Waals surface area (Å²) >= 11 is 2.05. The van der Waals surface area contributed by atoms with Crippen LogP contribution in [-0.2, 0) is 20.5 Å². The number of likely N-dealkylation sites (N-methyl/N-ethyl adjacent to an activating group) is 1. The van der Waals surface area contributed by atoms with Crippen molar-refractivity contribution in [2.45, 2.75) is 17.0 Å². The number of pyridine rings is 1. The van der Waals surface area contributed by atoms with Crippen molar-refractivity contribution in [3.63, 3.8) is 0 Å². The summed E-state index contributed by atoms with van der Waals surface area (Å²) in [5.41, 5.74) is 6.47. The van der Waals surface area contributed by atoms with Crippen molar-refractivity contribution in [2.24, 2.45) is 5.73 Å². The van der Waals surface area contributed by atoms with Crippen molar-refractivity contribution in [3.05, 3.63) is 71.4 Å². The van der Waals surface area contributed by atoms with Crippen LogP contribution in [0, 0.1) is 11.6 Å². The van der Waals surface area contributed by atoms with E-state index < -0.39 is 29.9 Å². The first kappa shape index (κ1) is 29.0. The molecule has 0 unspecified atom stereocenters. The molecule has 1 aromatic heterocycles. The molecule has 4 amide bonds. The zero-order valence-electron chi connectivity index (χ0n) is 20.5. The van der Waals surface area contributed by atoms with Crippen LogP contribution < -0.4 is 21.7 Å². The minimum Gasteiger partial charge on any atom is -0.447 e. The van der Waals surface area contributed by atoms with E-state index in [0.29, 0.717) is 26.3 Å². The highest BCUT2D eigenvalue weighted by Crippen LogP contribution is 2.19. The normalized spacial score (nSPS) is 11.5. The Kier molecular flexibility index (Phi) is 10.5. The summed E-state index contributed by atoms with van der Waals surface area (Å²) in [5.74, 6) is -1.09. The number of amides is 4. The molecule has 10 nitrogen and oxygen atoms in total. The predicted octanol–water partition coefficient (Wildman–Crippen LogP) is 3.28. The van der Waals surface area contributed by atoms with Gasteiger partial charge in [-0.1, -0.05) is 34.7 Å². The molecule has 3 rings (SSSR count). The number of nitrogens with two attached hydrogens (primary N) is 1. The molecule has 0 saturated carbocycles. The molecule has 202 valence electrons. The molecule has 3 aromatic rings. The van der Waals surface area contributed by atoms with Crippen LogP contribution in [0.2, 0.25) is 0 Å². The lowest BCUT2D eigenvalue weighted by molar-refractivity contribution is -0.119. The molecule has 13 heteroatoms. The highest BCUT2D eigenvalue weighted by atomic mass is 127. The number of nitrogens with one attached hydrogen (secondary N) is 3. The van der Waals surface area contributed by atoms with E-state index >= 15 is 0 Å². The van der Waals surface area contributed by atoms with Gasteiger partial charge in [-0.15, -0.1) is 0 Å². The first-order chi connectivity index (χ1) is 18.2. The van der Waals surface area contributed by atoms with Crippen LogP contribution >= 0.6 is 22.6 Å². The first-order valence-electron chi connectivity index (χ1n) is 11.5. The average molecular weight is 640 g/mol. The van der Waals surface area contributed by atoms with Crippen molar-refractivity contribution in [3.8, 4) is 0 Å². The fourth-order valence-corrected chi connectivity index (χ4v) is 4.34. The van der Waals surface area contributed by atoms with Crippen LogP contribution in [0.3, 0.4) is 0 Å². The molecule has 38 heavy (non-hydrogen) atoms. The van der Waals surface area contributed by atoms with E-state index in [1.165, 1.54) is 42.4 Å². The first-order valence-corrected chi connectivity index (χ1v) is 13.0. The number of rotatable bonds is 10. The summed E-state index contributed by atoms with van der Waals surface area (Å²) in [7, 11) is 1.47. The maximum absolute atomic E-state index is 14.0. The largest absolute Gasteiger partial charge is 0.447 e. The Labute approximate surface area is 231 Å². The molecule has 1 atom stereocenters. The van der Waals surface area contributed by atoms with Gasteiger partial charge in [0.2, 0.25) is 5.91 Å². The molecule has 0 radical (unpaired) electrons. The number of halogens is 3. The standard InChI is InChI=1S/C25H27F2IN6O4/c1-34(24(36)32-12-16-3-2-4-21(27)20(16)9-28)19(13-31-23(35)10-29)14-38-25(37)33-22-8-17-7-18(26)6-5-15(17)11-30-22/h2-8,11,19H,9-10,12-14,29H2,1H3,(H,31,35)(H,32,36)(H,30,33,37)/t19-/m0/s1. The number of alkyl halides is 1. The molecule has 2 aromatic carbocycles. The number of anilines is 1. The van der Waals surface area contributed by atoms with Gasteiger partial charge >= 0.3 is 12.1 Å². The fraction of sp³-hybridized carbons (Fsp3) is 0.280. The smallest absolute Gasteiger partial charge is 0.412 e. The monoisotopic (exact) mass is 640 g/mol. The molecule has 0 fully saturated rings. The maximum atomic E-state index is 14.0. The van der Waals surface area contributed by atoms with Crippen molar-refractivity contribution < 1.29 is 27.9 Å². The van der Waals surface area contributed by atoms with Crippen LogP contribution in [0.4, 0.5) is 24.2 Å². The molecule has 0 aliphatic carbocycles. The van der Waals surface area contributed by atoms with Gasteiger partial charge in [-0.25, -0.2) is 23.4 Å². The Morgan fingerprint density at radius 1 is 1.13 bits per heavy atom. The predicted molar refractivity (Wildman–Crippen MR) is 147 cm³/mol. The molecule has 5 N–H and O–H groups in total. The van der Waals surface area contributed by atoms with Gasteiger partial charge in [0.1, 0.15) is 24.1 Å². The van der Waals surface area contributed by atoms with Gasteiger partial charge in [0.15, 0.2) is 0 Å². The average Bonchev–Trinajstić information content (AvgIpc) is 2.90. The lowest BCUT2D eigenvalue weighted by atomic mass is 10.1. The van der Waals surface area contributed by atoms with Gasteiger partial charge in [-0.3, -0.25) is 10.1 Å². The van der Waals surface area contributed by atoms with Gasteiger partial charge in [0.05, 0.1) is 12.6 Å². The summed E-state index contributed by atoms with van der Waals surface area (Å²) in [4.78, 5) is 42.3. The van der Waals surface area contributed by atoms with Crippen molar-refractivity contribution in [1.82, 2.24) is 20.5 Å². The second-order valence-electron chi connectivity index (χ2n) is 8.23. The molecule has 0 saturated heterocycles. The molecule has 1 heterocycles. The number of fused-ring (bicyclic) bond motifs is 1. The van der Waals surface area contributed by atoms with Crippen molar-refractivity contribution in [1.29, 1.82) is 0 Å². The quantitative estimate of drug-likeness (QED) is 0.198. The third-order valence-corrected chi connectivity index (χ3v) is 6.45. The zero-order chi connectivity index (χ0) is 27.7. The SMILES string of the molecule is CN(C(=O)NCc1cccc(F)c1CI)[C@@H](CNC(=O)CN)COC(=O)Nc1cc2cc(F)ccc2cn1. The molecule has 0 aliphatic heterocycles. The Bertz CT molecular complexity index is 1310. The minimum absolute atomic E-state index is 0.0420. The Morgan fingerprint density at radius 3 is 2.66 bits per heavy atom. The number of aromatic nitrogens is 1. The summed E-state index contributed by atoms with van der Waals surface area (Å²) in [5, 5.41) is 8.98. The zero-order valence-corrected chi connectivity index (χ0v) is 22.6. The third-order valence-electron chi connectivity index (χ3n) is 5.69. The minimum atomic E-state index is -0.858. The van der Waals surface area contributed by atoms with Gasteiger partial charge in [0, 0.05) is 41.7 Å². The van der Waals surface area contributed by atoms with E-state index in [1.807, 2.05) is 22.6 Å². The number of carbonyl (C=O) groups excluding carboxylic acids is 3. The van der Waals surface area contributed by atoms with Crippen molar-refractivity contribution in [2.75, 3.05) is 32.1 Å². The van der Waals surface area contributed by atoms with E-state index in [2.05, 4.69) is 20.9 Å². The molecule has 0 bridgehead atoms. The van der Waals surface area contributed by atoms with Crippen LogP contribution in [0.1, 0.15) is 11.1 Å². The number of hydrogen-bond donors (Lipinski definition) is 4. The van der Waals surface area contributed by atoms with Gasteiger partial charge < -0.3 is 26.0 Å². The lowest BCUT2D eigenvalue weighted by Crippen LogP contribution is -2.51. The maximum Gasteiger partial charge on any atom is 0.412 e. The number of nitrogens with zero attached hydrogens (tertiary/aromatic N) is 2. The highest BCUT2D eigenvalue weighted by Gasteiger charge is 2.23. The third kappa shape index (κ3) is 7.95. The summed E-state index contributed by atoms with van der Waals surface area (Å²) < 4.78 is 33.3. The molecule has 0 aliphatic rings. The second-order valence-corrected chi connectivity index (χ2v) is 8.99. The summed E-state index contributed by atoms with van der Waals surface area (Å²) in [6.07, 6.45) is 0.624. The highest BCUT2D eigenvalue weighted by molar-refractivity contribution is 14.1. The topological polar surface area (TPSA) is 139 Å². The van der Waals surface area contributed by atoms with E-state index in [0.717, 1.165) is 0 Å².